The van der Waals surface area contributed by atoms with Gasteiger partial charge in [0.1, 0.15) is 12.2 Å². The van der Waals surface area contributed by atoms with E-state index >= 15 is 0 Å². The molecule has 1 N–H and O–H groups in total. The molecule has 1 fully saturated rings. The van der Waals surface area contributed by atoms with Crippen LogP contribution in [-0.4, -0.2) is 40.7 Å². The number of hydroxylamine groups is 1. The quantitative estimate of drug-likeness (QED) is 0.355. The summed E-state index contributed by atoms with van der Waals surface area (Å²) in [5, 5.41) is 11.0. The molecular weight excluding hydrogens is 147 g/mol. The second-order valence-electron chi connectivity index (χ2n) is 1.96. The molecule has 1 saturated heterocycles. The van der Waals surface area contributed by atoms with Crippen LogP contribution in [0.1, 0.15) is 0 Å². The van der Waals surface area contributed by atoms with Crippen LogP contribution in [0.25, 0.3) is 0 Å². The highest BCUT2D eigenvalue weighted by molar-refractivity contribution is 6.17. The highest BCUT2D eigenvalue weighted by atomic mass is 35.5. The van der Waals surface area contributed by atoms with Crippen LogP contribution in [0.2, 0.25) is 0 Å². The van der Waals surface area contributed by atoms with Crippen LogP contribution < -0.4 is 0 Å². The lowest BCUT2D eigenvalue weighted by Crippen LogP contribution is -2.55. The lowest BCUT2D eigenvalue weighted by molar-refractivity contribution is -0.271. The molecule has 0 aromatic heterocycles. The van der Waals surface area contributed by atoms with Crippen molar-refractivity contribution in [1.82, 2.24) is 10.2 Å². The molecule has 0 saturated carbocycles. The van der Waals surface area contributed by atoms with Crippen LogP contribution in [-0.2, 0) is 0 Å². The Morgan fingerprint density at radius 1 is 1.78 bits per heavy atom. The van der Waals surface area contributed by atoms with Gasteiger partial charge >= 0.3 is 0 Å². The van der Waals surface area contributed by atoms with Crippen LogP contribution in [0.4, 0.5) is 4.39 Å². The van der Waals surface area contributed by atoms with Gasteiger partial charge in [-0.15, -0.1) is 16.8 Å². The fourth-order valence-electron chi connectivity index (χ4n) is 0.668. The van der Waals surface area contributed by atoms with E-state index in [1.807, 2.05) is 0 Å². The molecule has 0 aromatic carbocycles. The molecular formula is C4H8ClFN2O. The van der Waals surface area contributed by atoms with Crippen molar-refractivity contribution in [1.29, 1.82) is 0 Å². The zero-order valence-corrected chi connectivity index (χ0v) is 5.55. The van der Waals surface area contributed by atoms with Gasteiger partial charge in [0.05, 0.1) is 0 Å². The topological polar surface area (TPSA) is 26.7 Å². The van der Waals surface area contributed by atoms with Crippen molar-refractivity contribution < 1.29 is 9.60 Å². The average molecular weight is 155 g/mol. The summed E-state index contributed by atoms with van der Waals surface area (Å²) in [6.07, 6.45) is -0.803. The molecule has 0 aliphatic carbocycles. The van der Waals surface area contributed by atoms with Crippen LogP contribution in [0.15, 0.2) is 0 Å². The summed E-state index contributed by atoms with van der Waals surface area (Å²) < 4.78 is 12.0. The second-order valence-corrected chi connectivity index (χ2v) is 2.20. The first-order valence-electron chi connectivity index (χ1n) is 2.65. The van der Waals surface area contributed by atoms with Crippen molar-refractivity contribution in [2.24, 2.45) is 0 Å². The summed E-state index contributed by atoms with van der Waals surface area (Å²) in [5.41, 5.74) is 0. The van der Waals surface area contributed by atoms with Gasteiger partial charge in [0, 0.05) is 13.1 Å². The van der Waals surface area contributed by atoms with Crippen LogP contribution in [0.5, 0.6) is 0 Å². The predicted molar refractivity (Wildman–Crippen MR) is 30.8 cm³/mol. The maximum Gasteiger partial charge on any atom is 0.128 e. The Bertz CT molecular complexity index is 98.6. The molecule has 0 atom stereocenters. The molecule has 0 unspecified atom stereocenters. The molecule has 1 aliphatic rings. The van der Waals surface area contributed by atoms with Crippen molar-refractivity contribution in [3.05, 3.63) is 0 Å². The molecule has 54 valence electrons. The zero-order chi connectivity index (χ0) is 6.85. The monoisotopic (exact) mass is 154 g/mol. The van der Waals surface area contributed by atoms with E-state index in [0.717, 1.165) is 5.17 Å². The summed E-state index contributed by atoms with van der Waals surface area (Å²) in [4.78, 5) is 0. The van der Waals surface area contributed by atoms with Crippen LogP contribution >= 0.6 is 11.6 Å². The molecule has 0 bridgehead atoms. The Hall–Kier alpha value is 0.1000. The van der Waals surface area contributed by atoms with Gasteiger partial charge in [0.2, 0.25) is 0 Å². The first-order valence-corrected chi connectivity index (χ1v) is 3.19. The number of hydrogen-bond donors (Lipinski definition) is 1. The second kappa shape index (κ2) is 2.79. The molecule has 1 rings (SSSR count). The number of halogens is 2. The molecule has 0 spiro atoms. The van der Waals surface area contributed by atoms with Gasteiger partial charge in [-0.3, -0.25) is 5.21 Å². The normalized spacial score (nSPS) is 22.7. The molecule has 1 heterocycles. The highest BCUT2D eigenvalue weighted by Gasteiger charge is 2.29. The Labute approximate surface area is 57.5 Å². The third-order valence-corrected chi connectivity index (χ3v) is 1.46. The average Bonchev–Trinajstić information content (AvgIpc) is 1.79. The maximum absolute atomic E-state index is 12.0. The van der Waals surface area contributed by atoms with Gasteiger partial charge in [0.15, 0.2) is 0 Å². The summed E-state index contributed by atoms with van der Waals surface area (Å²) in [5.74, 6) is 0. The van der Waals surface area contributed by atoms with Crippen molar-refractivity contribution in [2.75, 3.05) is 19.1 Å². The first kappa shape index (κ1) is 7.21. The summed E-state index contributed by atoms with van der Waals surface area (Å²) in [6, 6.07) is -0.00722. The fraction of sp³-hybridized carbons (Fsp3) is 1.00. The number of alkyl halides is 2. The molecule has 5 heteroatoms. The minimum absolute atomic E-state index is 0.00722. The largest absolute Gasteiger partial charge is 0.298 e. The lowest BCUT2D eigenvalue weighted by atomic mass is 10.2. The Kier molecular flexibility index (Phi) is 2.23. The molecule has 0 radical (unpaired) electrons. The minimum Gasteiger partial charge on any atom is -0.298 e. The van der Waals surface area contributed by atoms with E-state index < -0.39 is 6.17 Å². The van der Waals surface area contributed by atoms with Crippen molar-refractivity contribution >= 4 is 11.6 Å². The molecule has 3 nitrogen and oxygen atoms in total. The highest BCUT2D eigenvalue weighted by Crippen LogP contribution is 2.12. The van der Waals surface area contributed by atoms with Gasteiger partial charge in [-0.1, -0.05) is 0 Å². The zero-order valence-electron chi connectivity index (χ0n) is 4.80. The van der Waals surface area contributed by atoms with Gasteiger partial charge < -0.3 is 0 Å². The maximum atomic E-state index is 12.0. The molecule has 0 aromatic rings. The van der Waals surface area contributed by atoms with E-state index in [-0.39, 0.29) is 19.1 Å². The predicted octanol–water partition coefficient (Wildman–Crippen LogP) is 0.443. The number of rotatable bonds is 2. The number of nitrogens with zero attached hydrogens (tertiary/aromatic N) is 2. The fourth-order valence-corrected chi connectivity index (χ4v) is 0.819. The minimum atomic E-state index is -0.803. The Morgan fingerprint density at radius 3 is 2.67 bits per heavy atom. The first-order chi connectivity index (χ1) is 4.24. The lowest BCUT2D eigenvalue weighted by Gasteiger charge is -2.37. The van der Waals surface area contributed by atoms with Crippen LogP contribution in [0.3, 0.4) is 0 Å². The van der Waals surface area contributed by atoms with Gasteiger partial charge in [0.25, 0.3) is 0 Å². The Balaban J connectivity index is 2.15. The molecule has 9 heavy (non-hydrogen) atoms. The van der Waals surface area contributed by atoms with Gasteiger partial charge in [-0.2, -0.15) is 0 Å². The van der Waals surface area contributed by atoms with E-state index in [1.54, 1.807) is 0 Å². The van der Waals surface area contributed by atoms with E-state index in [4.69, 9.17) is 16.8 Å². The SMILES string of the molecule is ON(CCl)N1CC(F)C1. The summed E-state index contributed by atoms with van der Waals surface area (Å²) in [7, 11) is 0. The van der Waals surface area contributed by atoms with Crippen molar-refractivity contribution in [3.8, 4) is 0 Å². The van der Waals surface area contributed by atoms with E-state index in [2.05, 4.69) is 0 Å². The number of hydrogen-bond acceptors (Lipinski definition) is 3. The van der Waals surface area contributed by atoms with E-state index in [9.17, 15) is 4.39 Å². The standard InChI is InChI=1S/C4H8ClFN2O/c5-3-8(9)7-1-4(6)2-7/h4,9H,1-3H2. The van der Waals surface area contributed by atoms with Gasteiger partial charge in [-0.05, 0) is 0 Å². The summed E-state index contributed by atoms with van der Waals surface area (Å²) in [6.45, 7) is 0.506. The third kappa shape index (κ3) is 1.52. The van der Waals surface area contributed by atoms with Crippen molar-refractivity contribution in [2.45, 2.75) is 6.17 Å². The number of hydrazine groups is 1. The molecule has 0 amide bonds. The van der Waals surface area contributed by atoms with Crippen molar-refractivity contribution in [3.63, 3.8) is 0 Å². The molecule has 1 aliphatic heterocycles. The smallest absolute Gasteiger partial charge is 0.128 e. The van der Waals surface area contributed by atoms with Gasteiger partial charge in [-0.25, -0.2) is 9.40 Å². The van der Waals surface area contributed by atoms with E-state index in [0.29, 0.717) is 0 Å². The summed E-state index contributed by atoms with van der Waals surface area (Å²) >= 11 is 5.22. The van der Waals surface area contributed by atoms with E-state index in [1.165, 1.54) is 5.01 Å². The van der Waals surface area contributed by atoms with Crippen LogP contribution in [0, 0.1) is 0 Å². The Morgan fingerprint density at radius 2 is 2.33 bits per heavy atom. The third-order valence-electron chi connectivity index (χ3n) is 1.25.